The van der Waals surface area contributed by atoms with Gasteiger partial charge in [-0.25, -0.2) is 9.18 Å². The smallest absolute Gasteiger partial charge is 0.336 e. The van der Waals surface area contributed by atoms with Gasteiger partial charge in [0.15, 0.2) is 0 Å². The Bertz CT molecular complexity index is 1120. The number of ether oxygens (including phenoxy) is 1. The monoisotopic (exact) mass is 451 g/mol. The number of benzene rings is 2. The number of halogens is 1. The van der Waals surface area contributed by atoms with Gasteiger partial charge in [-0.2, -0.15) is 5.26 Å². The van der Waals surface area contributed by atoms with Gasteiger partial charge >= 0.3 is 5.97 Å². The lowest BCUT2D eigenvalue weighted by atomic mass is 9.82. The Kier molecular flexibility index (Phi) is 7.68. The molecule has 1 aliphatic rings. The molecule has 1 amide bonds. The number of nitriles is 1. The third-order valence-corrected chi connectivity index (χ3v) is 5.97. The van der Waals surface area contributed by atoms with Gasteiger partial charge in [-0.05, 0) is 18.6 Å². The average Bonchev–Trinajstić information content (AvgIpc) is 2.81. The molecule has 2 aromatic rings. The number of nitrogens with one attached hydrogen (secondary N) is 2. The van der Waals surface area contributed by atoms with Crippen LogP contribution in [0.1, 0.15) is 24.0 Å². The molecule has 1 heterocycles. The predicted octanol–water partition coefficient (Wildman–Crippen LogP) is 3.74. The molecular weight excluding hydrogens is 429 g/mol. The topological polar surface area (TPSA) is 91.2 Å². The number of methoxy groups -OCH3 is 1. The first-order valence-corrected chi connectivity index (χ1v) is 10.8. The van der Waals surface area contributed by atoms with E-state index in [-0.39, 0.29) is 28.4 Å². The van der Waals surface area contributed by atoms with Crippen LogP contribution in [-0.2, 0) is 20.9 Å². The summed E-state index contributed by atoms with van der Waals surface area (Å²) in [5.41, 5.74) is 1.92. The fourth-order valence-corrected chi connectivity index (χ4v) is 4.33. The number of nitrogens with zero attached hydrogens (tertiary/aromatic N) is 1. The van der Waals surface area contributed by atoms with Gasteiger partial charge in [0.05, 0.1) is 41.0 Å². The molecule has 164 valence electrons. The quantitative estimate of drug-likeness (QED) is 0.623. The first-order valence-electron chi connectivity index (χ1n) is 9.84. The molecule has 6 nitrogen and oxygen atoms in total. The maximum absolute atomic E-state index is 14.7. The number of allylic oxidation sites excluding steroid dienone is 2. The van der Waals surface area contributed by atoms with Crippen LogP contribution >= 0.6 is 11.8 Å². The van der Waals surface area contributed by atoms with Crippen molar-refractivity contribution < 1.29 is 18.7 Å². The van der Waals surface area contributed by atoms with Crippen molar-refractivity contribution in [3.8, 4) is 6.07 Å². The van der Waals surface area contributed by atoms with Crippen LogP contribution in [0.15, 0.2) is 76.5 Å². The van der Waals surface area contributed by atoms with E-state index in [2.05, 4.69) is 16.7 Å². The Morgan fingerprint density at radius 1 is 1.19 bits per heavy atom. The molecule has 0 spiro atoms. The molecule has 3 rings (SSSR count). The zero-order valence-electron chi connectivity index (χ0n) is 17.6. The molecule has 0 saturated heterocycles. The fourth-order valence-electron chi connectivity index (χ4n) is 3.41. The molecule has 1 aliphatic heterocycles. The lowest BCUT2D eigenvalue weighted by Crippen LogP contribution is -2.30. The summed E-state index contributed by atoms with van der Waals surface area (Å²) in [5.74, 6) is -2.30. The van der Waals surface area contributed by atoms with Gasteiger partial charge in [0, 0.05) is 17.8 Å². The molecular formula is C24H22FN3O3S. The second kappa shape index (κ2) is 10.6. The van der Waals surface area contributed by atoms with Crippen molar-refractivity contribution in [2.24, 2.45) is 0 Å². The lowest BCUT2D eigenvalue weighted by molar-refractivity contribution is -0.136. The summed E-state index contributed by atoms with van der Waals surface area (Å²) in [6.07, 6.45) is 0. The molecule has 0 aromatic heterocycles. The SMILES string of the molecule is COC(=O)C1=C(C)NC(SCC(=O)NCc2ccccc2)=C(C#N)[C@@H]1c1ccccc1F. The third kappa shape index (κ3) is 5.18. The van der Waals surface area contributed by atoms with Crippen molar-refractivity contribution in [3.63, 3.8) is 0 Å². The number of rotatable bonds is 7. The Morgan fingerprint density at radius 2 is 1.88 bits per heavy atom. The molecule has 32 heavy (non-hydrogen) atoms. The summed E-state index contributed by atoms with van der Waals surface area (Å²) in [6.45, 7) is 2.05. The third-order valence-electron chi connectivity index (χ3n) is 4.95. The van der Waals surface area contributed by atoms with Crippen molar-refractivity contribution >= 4 is 23.6 Å². The van der Waals surface area contributed by atoms with Crippen LogP contribution < -0.4 is 10.6 Å². The van der Waals surface area contributed by atoms with Crippen molar-refractivity contribution in [2.45, 2.75) is 19.4 Å². The summed E-state index contributed by atoms with van der Waals surface area (Å²) in [7, 11) is 1.23. The Hall–Kier alpha value is -3.57. The molecule has 0 saturated carbocycles. The summed E-state index contributed by atoms with van der Waals surface area (Å²) in [4.78, 5) is 24.8. The molecule has 0 radical (unpaired) electrons. The van der Waals surface area contributed by atoms with E-state index < -0.39 is 17.7 Å². The minimum atomic E-state index is -0.940. The van der Waals surface area contributed by atoms with Crippen LogP contribution in [0.25, 0.3) is 0 Å². The van der Waals surface area contributed by atoms with Crippen molar-refractivity contribution in [3.05, 3.63) is 93.4 Å². The number of esters is 1. The van der Waals surface area contributed by atoms with Crippen molar-refractivity contribution in [2.75, 3.05) is 12.9 Å². The summed E-state index contributed by atoms with van der Waals surface area (Å²) >= 11 is 1.13. The highest BCUT2D eigenvalue weighted by Crippen LogP contribution is 2.41. The first-order chi connectivity index (χ1) is 15.5. The number of hydrogen-bond donors (Lipinski definition) is 2. The summed E-state index contributed by atoms with van der Waals surface area (Å²) in [5, 5.41) is 16.2. The van der Waals surface area contributed by atoms with Crippen LogP contribution in [0.4, 0.5) is 4.39 Å². The number of carbonyl (C=O) groups is 2. The Balaban J connectivity index is 1.85. The maximum atomic E-state index is 14.7. The van der Waals surface area contributed by atoms with Crippen LogP contribution in [0.5, 0.6) is 0 Å². The standard InChI is InChI=1S/C24H22FN3O3S/c1-15-21(24(30)31-2)22(17-10-6-7-11-19(17)25)18(12-26)23(28-15)32-14-20(29)27-13-16-8-4-3-5-9-16/h3-11,22,28H,13-14H2,1-2H3,(H,27,29)/t22-/m0/s1. The van der Waals surface area contributed by atoms with Crippen molar-refractivity contribution in [1.29, 1.82) is 5.26 Å². The highest BCUT2D eigenvalue weighted by atomic mass is 32.2. The van der Waals surface area contributed by atoms with E-state index in [1.54, 1.807) is 13.0 Å². The van der Waals surface area contributed by atoms with E-state index in [4.69, 9.17) is 4.74 Å². The number of hydrogen-bond acceptors (Lipinski definition) is 6. The molecule has 2 N–H and O–H groups in total. The first kappa shape index (κ1) is 23.1. The largest absolute Gasteiger partial charge is 0.466 e. The number of dihydropyridines is 1. The maximum Gasteiger partial charge on any atom is 0.336 e. The summed E-state index contributed by atoms with van der Waals surface area (Å²) in [6, 6.07) is 17.6. The van der Waals surface area contributed by atoms with Gasteiger partial charge in [-0.1, -0.05) is 60.3 Å². The minimum Gasteiger partial charge on any atom is -0.466 e. The van der Waals surface area contributed by atoms with Gasteiger partial charge in [0.25, 0.3) is 0 Å². The molecule has 1 atom stereocenters. The Labute approximate surface area is 190 Å². The zero-order chi connectivity index (χ0) is 23.1. The lowest BCUT2D eigenvalue weighted by Gasteiger charge is -2.29. The van der Waals surface area contributed by atoms with Gasteiger partial charge in [-0.3, -0.25) is 4.79 Å². The molecule has 8 heteroatoms. The normalized spacial score (nSPS) is 15.6. The Morgan fingerprint density at radius 3 is 2.53 bits per heavy atom. The summed E-state index contributed by atoms with van der Waals surface area (Å²) < 4.78 is 19.5. The van der Waals surface area contributed by atoms with Crippen LogP contribution in [0.2, 0.25) is 0 Å². The van der Waals surface area contributed by atoms with E-state index in [9.17, 15) is 19.2 Å². The highest BCUT2D eigenvalue weighted by Gasteiger charge is 2.36. The second-order valence-electron chi connectivity index (χ2n) is 7.02. The van der Waals surface area contributed by atoms with E-state index >= 15 is 0 Å². The van der Waals surface area contributed by atoms with E-state index in [1.807, 2.05) is 30.3 Å². The molecule has 0 bridgehead atoms. The second-order valence-corrected chi connectivity index (χ2v) is 8.00. The molecule has 0 aliphatic carbocycles. The van der Waals surface area contributed by atoms with E-state index in [0.29, 0.717) is 17.3 Å². The van der Waals surface area contributed by atoms with Gasteiger partial charge in [0.1, 0.15) is 5.82 Å². The van der Waals surface area contributed by atoms with Crippen LogP contribution in [-0.4, -0.2) is 24.7 Å². The fraction of sp³-hybridized carbons (Fsp3) is 0.208. The molecule has 2 aromatic carbocycles. The zero-order valence-corrected chi connectivity index (χ0v) is 18.5. The number of thioether (sulfide) groups is 1. The van der Waals surface area contributed by atoms with Crippen molar-refractivity contribution in [1.82, 2.24) is 10.6 Å². The number of carbonyl (C=O) groups excluding carboxylic acids is 2. The minimum absolute atomic E-state index is 0.0468. The molecule has 0 unspecified atom stereocenters. The van der Waals surface area contributed by atoms with Gasteiger partial charge < -0.3 is 15.4 Å². The van der Waals surface area contributed by atoms with E-state index in [0.717, 1.165) is 17.3 Å². The number of amides is 1. The van der Waals surface area contributed by atoms with Crippen LogP contribution in [0, 0.1) is 17.1 Å². The van der Waals surface area contributed by atoms with Gasteiger partial charge in [0.2, 0.25) is 5.91 Å². The van der Waals surface area contributed by atoms with Gasteiger partial charge in [-0.15, -0.1) is 0 Å². The average molecular weight is 452 g/mol. The van der Waals surface area contributed by atoms with E-state index in [1.165, 1.54) is 25.3 Å². The predicted molar refractivity (Wildman–Crippen MR) is 120 cm³/mol. The molecule has 0 fully saturated rings. The van der Waals surface area contributed by atoms with Crippen LogP contribution in [0.3, 0.4) is 0 Å². The highest BCUT2D eigenvalue weighted by molar-refractivity contribution is 8.03.